The molecule has 1 rings (SSSR count). The molecule has 1 aliphatic carbocycles. The fourth-order valence-electron chi connectivity index (χ4n) is 1.89. The Labute approximate surface area is 75.5 Å². The third-order valence-corrected chi connectivity index (χ3v) is 2.39. The van der Waals surface area contributed by atoms with Crippen LogP contribution in [0.15, 0.2) is 0 Å². The molecule has 0 unspecified atom stereocenters. The maximum atomic E-state index is 6.02. The van der Waals surface area contributed by atoms with Crippen molar-refractivity contribution in [2.75, 3.05) is 6.54 Å². The first kappa shape index (κ1) is 10.0. The van der Waals surface area contributed by atoms with Crippen LogP contribution in [0.4, 0.5) is 0 Å². The third kappa shape index (κ3) is 2.46. The predicted octanol–water partition coefficient (Wildman–Crippen LogP) is 2.07. The highest BCUT2D eigenvalue weighted by molar-refractivity contribution is 4.91. The number of nitrogens with two attached hydrogens (primary N) is 1. The van der Waals surface area contributed by atoms with Crippen LogP contribution in [0.2, 0.25) is 0 Å². The predicted molar refractivity (Wildman–Crippen MR) is 51.1 cm³/mol. The summed E-state index contributed by atoms with van der Waals surface area (Å²) < 4.78 is 6.02. The molecular formula is C10H21NO. The quantitative estimate of drug-likeness (QED) is 0.705. The second kappa shape index (κ2) is 3.35. The van der Waals surface area contributed by atoms with Crippen molar-refractivity contribution in [2.45, 2.75) is 57.7 Å². The standard InChI is InChI=1S/C10H21NO/c1-9(2,3)12-10(7-8-11)5-4-6-10/h4-8,11H2,1-3H3. The van der Waals surface area contributed by atoms with E-state index in [4.69, 9.17) is 10.5 Å². The van der Waals surface area contributed by atoms with Crippen LogP contribution in [0, 0.1) is 0 Å². The Bertz CT molecular complexity index is 144. The Morgan fingerprint density at radius 1 is 1.33 bits per heavy atom. The van der Waals surface area contributed by atoms with E-state index in [2.05, 4.69) is 20.8 Å². The minimum atomic E-state index is -0.0183. The first-order chi connectivity index (χ1) is 5.47. The lowest BCUT2D eigenvalue weighted by Gasteiger charge is -2.46. The average Bonchev–Trinajstić information content (AvgIpc) is 1.80. The van der Waals surface area contributed by atoms with Gasteiger partial charge >= 0.3 is 0 Å². The van der Waals surface area contributed by atoms with E-state index < -0.39 is 0 Å². The SMILES string of the molecule is CC(C)(C)OC1(CCN)CCC1. The van der Waals surface area contributed by atoms with E-state index in [1.807, 2.05) is 0 Å². The highest BCUT2D eigenvalue weighted by Crippen LogP contribution is 2.40. The van der Waals surface area contributed by atoms with E-state index in [-0.39, 0.29) is 11.2 Å². The molecule has 0 bridgehead atoms. The van der Waals surface area contributed by atoms with Gasteiger partial charge in [-0.3, -0.25) is 0 Å². The van der Waals surface area contributed by atoms with E-state index in [1.165, 1.54) is 19.3 Å². The van der Waals surface area contributed by atoms with Crippen molar-refractivity contribution in [3.8, 4) is 0 Å². The molecule has 0 aliphatic heterocycles. The van der Waals surface area contributed by atoms with Crippen LogP contribution < -0.4 is 5.73 Å². The molecule has 2 heteroatoms. The largest absolute Gasteiger partial charge is 0.369 e. The van der Waals surface area contributed by atoms with Crippen LogP contribution in [0.5, 0.6) is 0 Å². The molecule has 0 radical (unpaired) electrons. The maximum absolute atomic E-state index is 6.02. The topological polar surface area (TPSA) is 35.2 Å². The second-order valence-electron chi connectivity index (χ2n) is 4.79. The summed E-state index contributed by atoms with van der Waals surface area (Å²) in [6.07, 6.45) is 4.71. The molecule has 0 heterocycles. The van der Waals surface area contributed by atoms with Crippen molar-refractivity contribution in [1.29, 1.82) is 0 Å². The van der Waals surface area contributed by atoms with E-state index >= 15 is 0 Å². The van der Waals surface area contributed by atoms with Crippen molar-refractivity contribution in [1.82, 2.24) is 0 Å². The van der Waals surface area contributed by atoms with Gasteiger partial charge in [0.2, 0.25) is 0 Å². The average molecular weight is 171 g/mol. The van der Waals surface area contributed by atoms with Gasteiger partial charge < -0.3 is 10.5 Å². The number of rotatable bonds is 3. The molecule has 1 saturated carbocycles. The summed E-state index contributed by atoms with van der Waals surface area (Å²) in [4.78, 5) is 0. The molecule has 0 aromatic rings. The lowest BCUT2D eigenvalue weighted by Crippen LogP contribution is -2.46. The van der Waals surface area contributed by atoms with Gasteiger partial charge in [-0.25, -0.2) is 0 Å². The fraction of sp³-hybridized carbons (Fsp3) is 1.00. The molecule has 1 fully saturated rings. The Morgan fingerprint density at radius 2 is 1.92 bits per heavy atom. The molecular weight excluding hydrogens is 150 g/mol. The molecule has 0 atom stereocenters. The molecule has 12 heavy (non-hydrogen) atoms. The first-order valence-electron chi connectivity index (χ1n) is 4.88. The number of ether oxygens (including phenoxy) is 1. The maximum Gasteiger partial charge on any atom is 0.0701 e. The van der Waals surface area contributed by atoms with Gasteiger partial charge in [-0.15, -0.1) is 0 Å². The Kier molecular flexibility index (Phi) is 2.79. The van der Waals surface area contributed by atoms with Crippen LogP contribution in [0.1, 0.15) is 46.5 Å². The van der Waals surface area contributed by atoms with Crippen LogP contribution in [0.3, 0.4) is 0 Å². The summed E-state index contributed by atoms with van der Waals surface area (Å²) in [5, 5.41) is 0. The number of hydrogen-bond acceptors (Lipinski definition) is 2. The monoisotopic (exact) mass is 171 g/mol. The van der Waals surface area contributed by atoms with Crippen molar-refractivity contribution in [3.63, 3.8) is 0 Å². The molecule has 2 N–H and O–H groups in total. The van der Waals surface area contributed by atoms with Crippen molar-refractivity contribution in [2.24, 2.45) is 5.73 Å². The van der Waals surface area contributed by atoms with E-state index in [0.29, 0.717) is 0 Å². The number of hydrogen-bond donors (Lipinski definition) is 1. The van der Waals surface area contributed by atoms with Crippen molar-refractivity contribution < 1.29 is 4.74 Å². The van der Waals surface area contributed by atoms with Gasteiger partial charge in [0.25, 0.3) is 0 Å². The zero-order chi connectivity index (χ0) is 9.24. The second-order valence-corrected chi connectivity index (χ2v) is 4.79. The van der Waals surface area contributed by atoms with E-state index in [9.17, 15) is 0 Å². The summed E-state index contributed by atoms with van der Waals surface area (Å²) >= 11 is 0. The van der Waals surface area contributed by atoms with Gasteiger partial charge in [-0.2, -0.15) is 0 Å². The van der Waals surface area contributed by atoms with Gasteiger partial charge in [0, 0.05) is 0 Å². The normalized spacial score (nSPS) is 22.0. The zero-order valence-electron chi connectivity index (χ0n) is 8.52. The fourth-order valence-corrected chi connectivity index (χ4v) is 1.89. The van der Waals surface area contributed by atoms with Crippen LogP contribution in [0.25, 0.3) is 0 Å². The first-order valence-corrected chi connectivity index (χ1v) is 4.88. The third-order valence-electron chi connectivity index (χ3n) is 2.39. The summed E-state index contributed by atoms with van der Waals surface area (Å²) in [6.45, 7) is 7.09. The highest BCUT2D eigenvalue weighted by Gasteiger charge is 2.40. The summed E-state index contributed by atoms with van der Waals surface area (Å²) in [5.74, 6) is 0. The zero-order valence-corrected chi connectivity index (χ0v) is 8.52. The molecule has 1 aliphatic rings. The molecule has 0 aromatic carbocycles. The highest BCUT2D eigenvalue weighted by atomic mass is 16.5. The van der Waals surface area contributed by atoms with Crippen molar-refractivity contribution >= 4 is 0 Å². The van der Waals surface area contributed by atoms with Crippen LogP contribution >= 0.6 is 0 Å². The lowest BCUT2D eigenvalue weighted by atomic mass is 9.77. The smallest absolute Gasteiger partial charge is 0.0701 e. The minimum absolute atomic E-state index is 0.0183. The van der Waals surface area contributed by atoms with E-state index in [0.717, 1.165) is 13.0 Å². The molecule has 0 aromatic heterocycles. The Morgan fingerprint density at radius 3 is 2.17 bits per heavy atom. The van der Waals surface area contributed by atoms with Gasteiger partial charge in [0.1, 0.15) is 0 Å². The van der Waals surface area contributed by atoms with Gasteiger partial charge in [-0.1, -0.05) is 0 Å². The lowest BCUT2D eigenvalue weighted by molar-refractivity contribution is -0.173. The summed E-state index contributed by atoms with van der Waals surface area (Å²) in [6, 6.07) is 0. The summed E-state index contributed by atoms with van der Waals surface area (Å²) in [5.41, 5.74) is 5.68. The van der Waals surface area contributed by atoms with Crippen LogP contribution in [-0.2, 0) is 4.74 Å². The molecule has 2 nitrogen and oxygen atoms in total. The Balaban J connectivity index is 2.45. The van der Waals surface area contributed by atoms with Gasteiger partial charge in [0.05, 0.1) is 11.2 Å². The van der Waals surface area contributed by atoms with Crippen LogP contribution in [-0.4, -0.2) is 17.7 Å². The minimum Gasteiger partial charge on any atom is -0.369 e. The molecule has 0 spiro atoms. The van der Waals surface area contributed by atoms with Gasteiger partial charge in [0.15, 0.2) is 0 Å². The van der Waals surface area contributed by atoms with E-state index in [1.54, 1.807) is 0 Å². The molecule has 72 valence electrons. The molecule has 0 saturated heterocycles. The molecule has 0 amide bonds. The summed E-state index contributed by atoms with van der Waals surface area (Å²) in [7, 11) is 0. The Hall–Kier alpha value is -0.0800. The van der Waals surface area contributed by atoms with Crippen molar-refractivity contribution in [3.05, 3.63) is 0 Å². The van der Waals surface area contributed by atoms with Gasteiger partial charge in [-0.05, 0) is 53.0 Å².